The Morgan fingerprint density at radius 2 is 2.31 bits per heavy atom. The van der Waals surface area contributed by atoms with Crippen molar-refractivity contribution in [2.24, 2.45) is 5.92 Å². The molecule has 1 nitrogen and oxygen atoms in total. The molecule has 0 aromatic heterocycles. The number of carbonyl (C=O) groups is 1. The predicted octanol–water partition coefficient (Wildman–Crippen LogP) is 2.74. The second-order valence-electron chi connectivity index (χ2n) is 3.55. The summed E-state index contributed by atoms with van der Waals surface area (Å²) in [4.78, 5) is 11.3. The van der Waals surface area contributed by atoms with Crippen LogP contribution in [-0.2, 0) is 4.79 Å². The van der Waals surface area contributed by atoms with Crippen molar-refractivity contribution in [1.82, 2.24) is 0 Å². The summed E-state index contributed by atoms with van der Waals surface area (Å²) < 4.78 is 25.8. The van der Waals surface area contributed by atoms with E-state index in [0.29, 0.717) is 18.6 Å². The monoisotopic (exact) mass is 208 g/mol. The van der Waals surface area contributed by atoms with Crippen LogP contribution in [0.3, 0.4) is 0 Å². The summed E-state index contributed by atoms with van der Waals surface area (Å²) >= 11 is 1.41. The molecule has 1 aliphatic rings. The van der Waals surface area contributed by atoms with Crippen molar-refractivity contribution in [3.8, 4) is 0 Å². The Morgan fingerprint density at radius 3 is 2.85 bits per heavy atom. The maximum atomic E-state index is 12.9. The van der Waals surface area contributed by atoms with E-state index in [1.54, 1.807) is 0 Å². The summed E-state index contributed by atoms with van der Waals surface area (Å²) in [6, 6.07) is 0. The highest BCUT2D eigenvalue weighted by molar-refractivity contribution is 7.99. The number of Topliss-reactive ketones (excluding diaryl/α,β-unsaturated/α-hetero) is 1. The van der Waals surface area contributed by atoms with Crippen molar-refractivity contribution in [3.05, 3.63) is 0 Å². The standard InChI is InChI=1S/C9H14F2OS/c1-13-6-8(12)7-3-2-4-9(10,11)5-7/h7H,2-6H2,1H3. The van der Waals surface area contributed by atoms with Gasteiger partial charge in [0.15, 0.2) is 0 Å². The molecule has 0 amide bonds. The molecule has 1 unspecified atom stereocenters. The predicted molar refractivity (Wildman–Crippen MR) is 50.3 cm³/mol. The number of alkyl halides is 2. The summed E-state index contributed by atoms with van der Waals surface area (Å²) in [5.74, 6) is -2.62. The van der Waals surface area contributed by atoms with Crippen LogP contribution in [-0.4, -0.2) is 23.7 Å². The molecule has 0 N–H and O–H groups in total. The topological polar surface area (TPSA) is 17.1 Å². The Balaban J connectivity index is 2.47. The molecule has 13 heavy (non-hydrogen) atoms. The van der Waals surface area contributed by atoms with Gasteiger partial charge in [-0.25, -0.2) is 8.78 Å². The van der Waals surface area contributed by atoms with Crippen LogP contribution < -0.4 is 0 Å². The first kappa shape index (κ1) is 11.0. The third kappa shape index (κ3) is 3.25. The Labute approximate surface area is 81.3 Å². The van der Waals surface area contributed by atoms with E-state index < -0.39 is 11.8 Å². The first-order chi connectivity index (χ1) is 6.05. The number of hydrogen-bond donors (Lipinski definition) is 0. The molecular weight excluding hydrogens is 194 g/mol. The van der Waals surface area contributed by atoms with Crippen molar-refractivity contribution in [2.45, 2.75) is 31.6 Å². The third-order valence-electron chi connectivity index (χ3n) is 2.38. The molecule has 76 valence electrons. The van der Waals surface area contributed by atoms with E-state index in [1.165, 1.54) is 11.8 Å². The minimum atomic E-state index is -2.60. The van der Waals surface area contributed by atoms with Gasteiger partial charge in [0.05, 0.1) is 5.75 Å². The van der Waals surface area contributed by atoms with Gasteiger partial charge in [-0.2, -0.15) is 11.8 Å². The summed E-state index contributed by atoms with van der Waals surface area (Å²) in [6.07, 6.45) is 2.67. The minimum Gasteiger partial charge on any atom is -0.298 e. The molecule has 1 fully saturated rings. The highest BCUT2D eigenvalue weighted by Gasteiger charge is 2.38. The summed E-state index contributed by atoms with van der Waals surface area (Å²) in [7, 11) is 0. The van der Waals surface area contributed by atoms with Crippen LogP contribution in [0.25, 0.3) is 0 Å². The van der Waals surface area contributed by atoms with E-state index in [0.717, 1.165) is 0 Å². The van der Waals surface area contributed by atoms with Gasteiger partial charge in [-0.05, 0) is 19.1 Å². The largest absolute Gasteiger partial charge is 0.298 e. The lowest BCUT2D eigenvalue weighted by atomic mass is 9.84. The molecule has 4 heteroatoms. The van der Waals surface area contributed by atoms with E-state index in [9.17, 15) is 13.6 Å². The highest BCUT2D eigenvalue weighted by Crippen LogP contribution is 2.37. The van der Waals surface area contributed by atoms with Gasteiger partial charge in [-0.15, -0.1) is 0 Å². The number of halogens is 2. The van der Waals surface area contributed by atoms with Crippen LogP contribution in [0.1, 0.15) is 25.7 Å². The van der Waals surface area contributed by atoms with Crippen LogP contribution >= 0.6 is 11.8 Å². The average molecular weight is 208 g/mol. The summed E-state index contributed by atoms with van der Waals surface area (Å²) in [6.45, 7) is 0. The fourth-order valence-corrected chi connectivity index (χ4v) is 2.23. The number of rotatable bonds is 3. The van der Waals surface area contributed by atoms with Gasteiger partial charge in [0.25, 0.3) is 0 Å². The molecular formula is C9H14F2OS. The normalized spacial score (nSPS) is 27.2. The fourth-order valence-electron chi connectivity index (χ4n) is 1.71. The van der Waals surface area contributed by atoms with Crippen LogP contribution in [0.4, 0.5) is 8.78 Å². The van der Waals surface area contributed by atoms with Gasteiger partial charge in [-0.1, -0.05) is 0 Å². The molecule has 0 aromatic carbocycles. The molecule has 1 rings (SSSR count). The molecule has 0 aliphatic heterocycles. The van der Waals surface area contributed by atoms with Crippen molar-refractivity contribution in [1.29, 1.82) is 0 Å². The quantitative estimate of drug-likeness (QED) is 0.709. The van der Waals surface area contributed by atoms with Crippen LogP contribution in [0.5, 0.6) is 0 Å². The zero-order valence-electron chi connectivity index (χ0n) is 7.69. The minimum absolute atomic E-state index is 0.00752. The second kappa shape index (κ2) is 4.40. The van der Waals surface area contributed by atoms with Gasteiger partial charge in [0, 0.05) is 18.8 Å². The summed E-state index contributed by atoms with van der Waals surface area (Å²) in [5.41, 5.74) is 0. The number of ketones is 1. The van der Waals surface area contributed by atoms with Crippen molar-refractivity contribution >= 4 is 17.5 Å². The van der Waals surface area contributed by atoms with Crippen molar-refractivity contribution < 1.29 is 13.6 Å². The number of hydrogen-bond acceptors (Lipinski definition) is 2. The lowest BCUT2D eigenvalue weighted by molar-refractivity contribution is -0.127. The van der Waals surface area contributed by atoms with Gasteiger partial charge < -0.3 is 0 Å². The molecule has 1 saturated carbocycles. The van der Waals surface area contributed by atoms with E-state index in [4.69, 9.17) is 0 Å². The first-order valence-corrected chi connectivity index (χ1v) is 5.84. The van der Waals surface area contributed by atoms with Gasteiger partial charge in [0.2, 0.25) is 5.92 Å². The zero-order chi connectivity index (χ0) is 9.90. The third-order valence-corrected chi connectivity index (χ3v) is 2.96. The molecule has 0 aromatic rings. The Kier molecular flexibility index (Phi) is 3.71. The molecule has 1 aliphatic carbocycles. The molecule has 0 heterocycles. The first-order valence-electron chi connectivity index (χ1n) is 4.44. The smallest absolute Gasteiger partial charge is 0.248 e. The Hall–Kier alpha value is -0.120. The molecule has 0 bridgehead atoms. The lowest BCUT2D eigenvalue weighted by Gasteiger charge is -2.27. The van der Waals surface area contributed by atoms with Crippen molar-refractivity contribution in [2.75, 3.05) is 12.0 Å². The van der Waals surface area contributed by atoms with E-state index in [1.807, 2.05) is 6.26 Å². The van der Waals surface area contributed by atoms with Gasteiger partial charge in [-0.3, -0.25) is 4.79 Å². The number of thioether (sulfide) groups is 1. The Bertz CT molecular complexity index is 194. The van der Waals surface area contributed by atoms with E-state index in [-0.39, 0.29) is 18.6 Å². The van der Waals surface area contributed by atoms with Crippen LogP contribution in [0.15, 0.2) is 0 Å². The zero-order valence-corrected chi connectivity index (χ0v) is 8.50. The van der Waals surface area contributed by atoms with Crippen LogP contribution in [0.2, 0.25) is 0 Å². The van der Waals surface area contributed by atoms with Gasteiger partial charge in [0.1, 0.15) is 5.78 Å². The second-order valence-corrected chi connectivity index (χ2v) is 4.41. The SMILES string of the molecule is CSCC(=O)C1CCCC(F)(F)C1. The fraction of sp³-hybridized carbons (Fsp3) is 0.889. The van der Waals surface area contributed by atoms with E-state index >= 15 is 0 Å². The average Bonchev–Trinajstić information content (AvgIpc) is 2.03. The van der Waals surface area contributed by atoms with Crippen molar-refractivity contribution in [3.63, 3.8) is 0 Å². The lowest BCUT2D eigenvalue weighted by Crippen LogP contribution is -2.31. The number of carbonyl (C=O) groups excluding carboxylic acids is 1. The molecule has 0 saturated heterocycles. The highest BCUT2D eigenvalue weighted by atomic mass is 32.2. The molecule has 1 atom stereocenters. The molecule has 0 spiro atoms. The maximum Gasteiger partial charge on any atom is 0.248 e. The van der Waals surface area contributed by atoms with E-state index in [2.05, 4.69) is 0 Å². The maximum absolute atomic E-state index is 12.9. The Morgan fingerprint density at radius 1 is 1.62 bits per heavy atom. The van der Waals surface area contributed by atoms with Crippen LogP contribution in [0, 0.1) is 5.92 Å². The molecule has 0 radical (unpaired) electrons. The summed E-state index contributed by atoms with van der Waals surface area (Å²) in [5, 5.41) is 0. The van der Waals surface area contributed by atoms with Gasteiger partial charge >= 0.3 is 0 Å².